The van der Waals surface area contributed by atoms with Gasteiger partial charge in [0.15, 0.2) is 0 Å². The quantitative estimate of drug-likeness (QED) is 0.745. The van der Waals surface area contributed by atoms with Gasteiger partial charge >= 0.3 is 0 Å². The van der Waals surface area contributed by atoms with Gasteiger partial charge in [-0.15, -0.1) is 0 Å². The Morgan fingerprint density at radius 2 is 2.00 bits per heavy atom. The molecule has 0 amide bonds. The highest BCUT2D eigenvalue weighted by molar-refractivity contribution is 5.58. The third-order valence-electron chi connectivity index (χ3n) is 3.83. The first-order chi connectivity index (χ1) is 10.8. The van der Waals surface area contributed by atoms with Crippen LogP contribution in [-0.2, 0) is 18.0 Å². The average Bonchev–Trinajstić information content (AvgIpc) is 3.23. The minimum atomic E-state index is 0.594. The van der Waals surface area contributed by atoms with Crippen molar-refractivity contribution in [3.63, 3.8) is 0 Å². The van der Waals surface area contributed by atoms with Gasteiger partial charge in [-0.2, -0.15) is 0 Å². The third-order valence-corrected chi connectivity index (χ3v) is 3.83. The maximum absolute atomic E-state index is 5.48. The second-order valence-corrected chi connectivity index (χ2v) is 5.16. The zero-order valence-corrected chi connectivity index (χ0v) is 12.2. The maximum atomic E-state index is 5.48. The molecule has 1 aliphatic rings. The van der Waals surface area contributed by atoms with E-state index in [0.29, 0.717) is 19.1 Å². The van der Waals surface area contributed by atoms with Gasteiger partial charge in [0.25, 0.3) is 0 Å². The van der Waals surface area contributed by atoms with Crippen molar-refractivity contribution in [2.24, 2.45) is 0 Å². The molecule has 2 aromatic heterocycles. The highest BCUT2D eigenvalue weighted by atomic mass is 16.5. The minimum absolute atomic E-state index is 0.594. The Balaban J connectivity index is 1.76. The summed E-state index contributed by atoms with van der Waals surface area (Å²) in [6.07, 6.45) is 5.52. The van der Waals surface area contributed by atoms with E-state index in [1.807, 2.05) is 18.3 Å². The monoisotopic (exact) mass is 293 g/mol. The summed E-state index contributed by atoms with van der Waals surface area (Å²) in [5.41, 5.74) is 4.52. The van der Waals surface area contributed by atoms with Crippen LogP contribution in [-0.4, -0.2) is 21.6 Å². The number of hydrogen-bond acceptors (Lipinski definition) is 4. The number of nitrogens with zero attached hydrogens (tertiary/aromatic N) is 3. The molecule has 110 valence electrons. The van der Waals surface area contributed by atoms with Gasteiger partial charge in [0.1, 0.15) is 5.82 Å². The summed E-state index contributed by atoms with van der Waals surface area (Å²) in [6, 6.07) is 10.2. The fourth-order valence-corrected chi connectivity index (χ4v) is 2.67. The van der Waals surface area contributed by atoms with Crippen LogP contribution in [0.2, 0.25) is 0 Å². The molecule has 22 heavy (non-hydrogen) atoms. The fraction of sp³-hybridized carbons (Fsp3) is 0.176. The van der Waals surface area contributed by atoms with Crippen molar-refractivity contribution >= 4 is 0 Å². The van der Waals surface area contributed by atoms with Crippen LogP contribution < -0.4 is 4.74 Å². The van der Waals surface area contributed by atoms with Crippen LogP contribution in [0.1, 0.15) is 11.1 Å². The highest BCUT2D eigenvalue weighted by Crippen LogP contribution is 2.26. The molecule has 0 fully saturated rings. The predicted molar refractivity (Wildman–Crippen MR) is 81.8 cm³/mol. The van der Waals surface area contributed by atoms with Gasteiger partial charge in [-0.25, -0.2) is 9.97 Å². The van der Waals surface area contributed by atoms with Gasteiger partial charge in [-0.3, -0.25) is 4.57 Å². The fourth-order valence-electron chi connectivity index (χ4n) is 2.67. The largest absolute Gasteiger partial charge is 0.481 e. The molecular weight excluding hydrogens is 278 g/mol. The van der Waals surface area contributed by atoms with Crippen molar-refractivity contribution < 1.29 is 9.47 Å². The Kier molecular flexibility index (Phi) is 3.12. The van der Waals surface area contributed by atoms with Crippen molar-refractivity contribution in [3.8, 4) is 23.0 Å². The lowest BCUT2D eigenvalue weighted by molar-refractivity contribution is 0.134. The Hall–Kier alpha value is -2.66. The molecule has 1 aliphatic heterocycles. The number of hydrogen-bond donors (Lipinski definition) is 0. The highest BCUT2D eigenvalue weighted by Gasteiger charge is 2.14. The zero-order chi connectivity index (χ0) is 14.9. The van der Waals surface area contributed by atoms with E-state index in [4.69, 9.17) is 9.47 Å². The molecule has 0 spiro atoms. The van der Waals surface area contributed by atoms with E-state index in [0.717, 1.165) is 17.1 Å². The molecule has 0 N–H and O–H groups in total. The van der Waals surface area contributed by atoms with Crippen molar-refractivity contribution in [2.45, 2.75) is 13.2 Å². The van der Waals surface area contributed by atoms with Crippen LogP contribution in [0.5, 0.6) is 5.88 Å². The summed E-state index contributed by atoms with van der Waals surface area (Å²) < 4.78 is 12.6. The van der Waals surface area contributed by atoms with E-state index in [2.05, 4.69) is 32.7 Å². The second kappa shape index (κ2) is 5.27. The lowest BCUT2D eigenvalue weighted by Gasteiger charge is -2.09. The Morgan fingerprint density at radius 3 is 2.82 bits per heavy atom. The average molecular weight is 293 g/mol. The van der Waals surface area contributed by atoms with E-state index in [1.54, 1.807) is 19.5 Å². The standard InChI is InChI=1S/C17H15N3O2/c1-21-16-5-3-12(9-19-16)17-18-6-7-20(17)15-4-2-13-10-22-11-14(13)8-15/h2-9H,10-11H2,1H3. The summed E-state index contributed by atoms with van der Waals surface area (Å²) in [7, 11) is 1.61. The van der Waals surface area contributed by atoms with Crippen molar-refractivity contribution in [3.05, 3.63) is 60.0 Å². The summed E-state index contributed by atoms with van der Waals surface area (Å²) in [6.45, 7) is 1.38. The van der Waals surface area contributed by atoms with Gasteiger partial charge in [-0.1, -0.05) is 6.07 Å². The molecule has 4 rings (SSSR count). The van der Waals surface area contributed by atoms with E-state index in [-0.39, 0.29) is 0 Å². The SMILES string of the molecule is COc1ccc(-c2nccn2-c2ccc3c(c2)COC3)cn1. The topological polar surface area (TPSA) is 49.2 Å². The smallest absolute Gasteiger partial charge is 0.212 e. The molecule has 5 nitrogen and oxygen atoms in total. The Morgan fingerprint density at radius 1 is 1.09 bits per heavy atom. The van der Waals surface area contributed by atoms with Gasteiger partial charge in [-0.05, 0) is 29.3 Å². The van der Waals surface area contributed by atoms with Crippen LogP contribution in [0.25, 0.3) is 17.1 Å². The van der Waals surface area contributed by atoms with Crippen LogP contribution in [0.4, 0.5) is 0 Å². The van der Waals surface area contributed by atoms with E-state index >= 15 is 0 Å². The van der Waals surface area contributed by atoms with Crippen molar-refractivity contribution in [1.82, 2.24) is 14.5 Å². The molecular formula is C17H15N3O2. The van der Waals surface area contributed by atoms with E-state index < -0.39 is 0 Å². The number of methoxy groups -OCH3 is 1. The predicted octanol–water partition coefficient (Wildman–Crippen LogP) is 2.97. The molecule has 0 aliphatic carbocycles. The molecule has 0 bridgehead atoms. The lowest BCUT2D eigenvalue weighted by Crippen LogP contribution is -1.98. The van der Waals surface area contributed by atoms with Gasteiger partial charge in [0.05, 0.1) is 20.3 Å². The molecule has 0 radical (unpaired) electrons. The number of benzene rings is 1. The number of imidazole rings is 1. The molecule has 0 saturated carbocycles. The normalized spacial score (nSPS) is 13.1. The molecule has 0 unspecified atom stereocenters. The summed E-state index contributed by atoms with van der Waals surface area (Å²) in [5.74, 6) is 1.45. The molecule has 3 aromatic rings. The molecule has 0 atom stereocenters. The van der Waals surface area contributed by atoms with Crippen molar-refractivity contribution in [1.29, 1.82) is 0 Å². The minimum Gasteiger partial charge on any atom is -0.481 e. The number of aromatic nitrogens is 3. The van der Waals surface area contributed by atoms with Crippen LogP contribution in [0.15, 0.2) is 48.9 Å². The Labute approximate surface area is 128 Å². The van der Waals surface area contributed by atoms with Gasteiger partial charge in [0, 0.05) is 35.9 Å². The van der Waals surface area contributed by atoms with Gasteiger partial charge < -0.3 is 9.47 Å². The summed E-state index contributed by atoms with van der Waals surface area (Å²) in [5, 5.41) is 0. The first kappa shape index (κ1) is 13.0. The van der Waals surface area contributed by atoms with Gasteiger partial charge in [0.2, 0.25) is 5.88 Å². The van der Waals surface area contributed by atoms with E-state index in [9.17, 15) is 0 Å². The number of rotatable bonds is 3. The lowest BCUT2D eigenvalue weighted by atomic mass is 10.1. The number of fused-ring (bicyclic) bond motifs is 1. The summed E-state index contributed by atoms with van der Waals surface area (Å²) >= 11 is 0. The summed E-state index contributed by atoms with van der Waals surface area (Å²) in [4.78, 5) is 8.71. The zero-order valence-electron chi connectivity index (χ0n) is 12.2. The molecule has 3 heterocycles. The first-order valence-corrected chi connectivity index (χ1v) is 7.09. The number of pyridine rings is 1. The van der Waals surface area contributed by atoms with E-state index in [1.165, 1.54) is 11.1 Å². The molecule has 0 saturated heterocycles. The Bertz CT molecular complexity index is 809. The molecule has 5 heteroatoms. The van der Waals surface area contributed by atoms with Crippen LogP contribution in [0, 0.1) is 0 Å². The van der Waals surface area contributed by atoms with Crippen molar-refractivity contribution in [2.75, 3.05) is 7.11 Å². The first-order valence-electron chi connectivity index (χ1n) is 7.09. The third kappa shape index (κ3) is 2.16. The van der Waals surface area contributed by atoms with Crippen LogP contribution >= 0.6 is 0 Å². The number of ether oxygens (including phenoxy) is 2. The second-order valence-electron chi connectivity index (χ2n) is 5.16. The maximum Gasteiger partial charge on any atom is 0.212 e. The molecule has 1 aromatic carbocycles. The van der Waals surface area contributed by atoms with Crippen LogP contribution in [0.3, 0.4) is 0 Å².